The van der Waals surface area contributed by atoms with Crippen molar-refractivity contribution in [1.29, 1.82) is 0 Å². The molecule has 0 aromatic heterocycles. The lowest BCUT2D eigenvalue weighted by Gasteiger charge is -2.21. The molecule has 1 rings (SSSR count). The van der Waals surface area contributed by atoms with Gasteiger partial charge in [0.2, 0.25) is 0 Å². The Morgan fingerprint density at radius 1 is 1.21 bits per heavy atom. The molecule has 1 aliphatic rings. The van der Waals surface area contributed by atoms with Gasteiger partial charge in [0.05, 0.1) is 0 Å². The van der Waals surface area contributed by atoms with Gasteiger partial charge in [-0.1, -0.05) is 18.9 Å². The number of allylic oxidation sites excluding steroid dienone is 1. The molecule has 0 aromatic rings. The van der Waals surface area contributed by atoms with E-state index in [4.69, 9.17) is 0 Å². The van der Waals surface area contributed by atoms with Crippen LogP contribution in [0.3, 0.4) is 0 Å². The van der Waals surface area contributed by atoms with Gasteiger partial charge in [-0.05, 0) is 42.6 Å². The maximum absolute atomic E-state index is 4.48. The second-order valence-electron chi connectivity index (χ2n) is 3.67. The monoisotopic (exact) mass is 258 g/mol. The minimum Gasteiger partial charge on any atom is -0.360 e. The smallest absolute Gasteiger partial charge is 0.103 e. The van der Waals surface area contributed by atoms with Crippen molar-refractivity contribution >= 4 is 21.8 Å². The van der Waals surface area contributed by atoms with Gasteiger partial charge in [-0.15, -0.1) is 0 Å². The predicted octanol–water partition coefficient (Wildman–Crippen LogP) is 3.54. The van der Waals surface area contributed by atoms with Gasteiger partial charge in [-0.3, -0.25) is 0 Å². The Morgan fingerprint density at radius 3 is 2.29 bits per heavy atom. The van der Waals surface area contributed by atoms with Crippen molar-refractivity contribution < 1.29 is 0 Å². The van der Waals surface area contributed by atoms with Crippen LogP contribution in [-0.4, -0.2) is 23.8 Å². The zero-order valence-electron chi connectivity index (χ0n) is 9.09. The fraction of sp³-hybridized carbons (Fsp3) is 0.727. The van der Waals surface area contributed by atoms with Gasteiger partial charge in [0, 0.05) is 13.1 Å². The Labute approximate surface area is 95.2 Å². The van der Waals surface area contributed by atoms with Crippen LogP contribution in [0.5, 0.6) is 0 Å². The summed E-state index contributed by atoms with van der Waals surface area (Å²) < 4.78 is 0.930. The summed E-state index contributed by atoms with van der Waals surface area (Å²) in [6, 6.07) is 0. The van der Waals surface area contributed by atoms with E-state index in [-0.39, 0.29) is 0 Å². The average Bonchev–Trinajstić information content (AvgIpc) is 2.45. The van der Waals surface area contributed by atoms with Crippen LogP contribution in [0.25, 0.3) is 0 Å². The standard InChI is InChI=1S/C11H19BrN2/c1-3-11(12)13-10(2)14-8-6-4-5-7-9-14/h3H,4-9H2,1-2H3/b11-3-,13-10?. The minimum atomic E-state index is 0.930. The van der Waals surface area contributed by atoms with Crippen LogP contribution in [0.15, 0.2) is 15.7 Å². The molecule has 0 bridgehead atoms. The van der Waals surface area contributed by atoms with Gasteiger partial charge in [-0.25, -0.2) is 4.99 Å². The molecule has 0 radical (unpaired) electrons. The largest absolute Gasteiger partial charge is 0.360 e. The highest BCUT2D eigenvalue weighted by Gasteiger charge is 2.09. The number of rotatable bonds is 1. The molecule has 0 N–H and O–H groups in total. The highest BCUT2D eigenvalue weighted by Crippen LogP contribution is 2.12. The van der Waals surface area contributed by atoms with Crippen LogP contribution in [-0.2, 0) is 0 Å². The van der Waals surface area contributed by atoms with Crippen molar-refractivity contribution in [3.8, 4) is 0 Å². The van der Waals surface area contributed by atoms with Crippen molar-refractivity contribution in [2.75, 3.05) is 13.1 Å². The zero-order chi connectivity index (χ0) is 10.4. The summed E-state index contributed by atoms with van der Waals surface area (Å²) >= 11 is 3.41. The molecule has 1 heterocycles. The van der Waals surface area contributed by atoms with Crippen molar-refractivity contribution in [1.82, 2.24) is 4.90 Å². The third-order valence-electron chi connectivity index (χ3n) is 2.57. The van der Waals surface area contributed by atoms with Crippen LogP contribution in [0.4, 0.5) is 0 Å². The van der Waals surface area contributed by atoms with Gasteiger partial charge in [0.1, 0.15) is 10.4 Å². The molecule has 3 heteroatoms. The minimum absolute atomic E-state index is 0.930. The lowest BCUT2D eigenvalue weighted by atomic mass is 10.2. The number of hydrogen-bond donors (Lipinski definition) is 0. The van der Waals surface area contributed by atoms with Crippen LogP contribution >= 0.6 is 15.9 Å². The first kappa shape index (κ1) is 11.8. The predicted molar refractivity (Wildman–Crippen MR) is 65.8 cm³/mol. The molecule has 0 spiro atoms. The average molecular weight is 259 g/mol. The number of nitrogens with zero attached hydrogens (tertiary/aromatic N) is 2. The third-order valence-corrected chi connectivity index (χ3v) is 3.21. The zero-order valence-corrected chi connectivity index (χ0v) is 10.7. The summed E-state index contributed by atoms with van der Waals surface area (Å²) in [6.07, 6.45) is 7.32. The summed E-state index contributed by atoms with van der Waals surface area (Å²) in [5.74, 6) is 1.14. The van der Waals surface area contributed by atoms with E-state index in [2.05, 4.69) is 32.7 Å². The first-order valence-electron chi connectivity index (χ1n) is 5.36. The second kappa shape index (κ2) is 6.23. The molecular formula is C11H19BrN2. The molecule has 0 amide bonds. The van der Waals surface area contributed by atoms with Crippen molar-refractivity contribution in [3.05, 3.63) is 10.7 Å². The lowest BCUT2D eigenvalue weighted by molar-refractivity contribution is 0.432. The SMILES string of the molecule is C/C=C(/Br)N=C(C)N1CCCCCC1. The van der Waals surface area contributed by atoms with Crippen LogP contribution < -0.4 is 0 Å². The highest BCUT2D eigenvalue weighted by molar-refractivity contribution is 9.11. The van der Waals surface area contributed by atoms with Crippen molar-refractivity contribution in [3.63, 3.8) is 0 Å². The molecule has 2 nitrogen and oxygen atoms in total. The van der Waals surface area contributed by atoms with E-state index in [9.17, 15) is 0 Å². The fourth-order valence-electron chi connectivity index (χ4n) is 1.68. The molecule has 0 aliphatic carbocycles. The van der Waals surface area contributed by atoms with E-state index >= 15 is 0 Å². The normalized spacial score (nSPS) is 20.9. The number of amidine groups is 1. The maximum atomic E-state index is 4.48. The molecule has 1 fully saturated rings. The van der Waals surface area contributed by atoms with E-state index < -0.39 is 0 Å². The quantitative estimate of drug-likeness (QED) is 0.399. The Balaban J connectivity index is 2.57. The highest BCUT2D eigenvalue weighted by atomic mass is 79.9. The van der Waals surface area contributed by atoms with Crippen LogP contribution in [0.1, 0.15) is 39.5 Å². The van der Waals surface area contributed by atoms with Crippen molar-refractivity contribution in [2.24, 2.45) is 4.99 Å². The molecule has 14 heavy (non-hydrogen) atoms. The van der Waals surface area contributed by atoms with Gasteiger partial charge in [-0.2, -0.15) is 0 Å². The number of halogens is 1. The summed E-state index contributed by atoms with van der Waals surface area (Å²) in [7, 11) is 0. The van der Waals surface area contributed by atoms with E-state index in [0.29, 0.717) is 0 Å². The summed E-state index contributed by atoms with van der Waals surface area (Å²) in [4.78, 5) is 6.87. The maximum Gasteiger partial charge on any atom is 0.103 e. The molecule has 0 atom stereocenters. The molecule has 0 unspecified atom stereocenters. The summed E-state index contributed by atoms with van der Waals surface area (Å²) in [6.45, 7) is 6.41. The van der Waals surface area contributed by atoms with Crippen LogP contribution in [0, 0.1) is 0 Å². The van der Waals surface area contributed by atoms with Crippen LogP contribution in [0.2, 0.25) is 0 Å². The number of likely N-dealkylation sites (tertiary alicyclic amines) is 1. The molecule has 0 aromatic carbocycles. The van der Waals surface area contributed by atoms with Gasteiger partial charge >= 0.3 is 0 Å². The molecule has 0 saturated carbocycles. The third kappa shape index (κ3) is 3.82. The number of hydrogen-bond acceptors (Lipinski definition) is 1. The number of aliphatic imine (C=N–C) groups is 1. The van der Waals surface area contributed by atoms with Gasteiger partial charge in [0.25, 0.3) is 0 Å². The second-order valence-corrected chi connectivity index (χ2v) is 4.48. The van der Waals surface area contributed by atoms with Gasteiger partial charge < -0.3 is 4.90 Å². The summed E-state index contributed by atoms with van der Waals surface area (Å²) in [5, 5.41) is 0. The molecule has 1 saturated heterocycles. The Hall–Kier alpha value is -0.310. The van der Waals surface area contributed by atoms with Gasteiger partial charge in [0.15, 0.2) is 0 Å². The molecule has 80 valence electrons. The van der Waals surface area contributed by atoms with E-state index in [0.717, 1.165) is 10.4 Å². The molecule has 1 aliphatic heterocycles. The Kier molecular flexibility index (Phi) is 5.23. The molecular weight excluding hydrogens is 240 g/mol. The topological polar surface area (TPSA) is 15.6 Å². The first-order valence-corrected chi connectivity index (χ1v) is 6.15. The fourth-order valence-corrected chi connectivity index (χ4v) is 1.94. The summed E-state index contributed by atoms with van der Waals surface area (Å²) in [5.41, 5.74) is 0. The van der Waals surface area contributed by atoms with Crippen molar-refractivity contribution in [2.45, 2.75) is 39.5 Å². The Bertz CT molecular complexity index is 225. The lowest BCUT2D eigenvalue weighted by Crippen LogP contribution is -2.29. The first-order chi connectivity index (χ1) is 6.74. The van der Waals surface area contributed by atoms with E-state index in [1.807, 2.05) is 13.0 Å². The Morgan fingerprint density at radius 2 is 1.79 bits per heavy atom. The van der Waals surface area contributed by atoms with E-state index in [1.54, 1.807) is 0 Å². The van der Waals surface area contributed by atoms with E-state index in [1.165, 1.54) is 38.8 Å².